The summed E-state index contributed by atoms with van der Waals surface area (Å²) in [5.74, 6) is -1.82. The van der Waals surface area contributed by atoms with Crippen molar-refractivity contribution in [2.24, 2.45) is 5.92 Å². The Hall–Kier alpha value is -4.13. The zero-order valence-electron chi connectivity index (χ0n) is 19.9. The minimum absolute atomic E-state index is 0.0825. The van der Waals surface area contributed by atoms with E-state index in [1.165, 1.54) is 6.07 Å². The number of amides is 2. The summed E-state index contributed by atoms with van der Waals surface area (Å²) in [5, 5.41) is 14.7. The smallest absolute Gasteiger partial charge is 0.407 e. The molecule has 2 amide bonds. The first-order valence-corrected chi connectivity index (χ1v) is 11.5. The van der Waals surface area contributed by atoms with Gasteiger partial charge in [0.05, 0.1) is 5.56 Å². The van der Waals surface area contributed by atoms with Crippen molar-refractivity contribution in [1.29, 1.82) is 0 Å². The predicted octanol–water partition coefficient (Wildman–Crippen LogP) is 5.20. The fourth-order valence-corrected chi connectivity index (χ4v) is 4.52. The van der Waals surface area contributed by atoms with Crippen LogP contribution < -0.4 is 10.6 Å². The van der Waals surface area contributed by atoms with Gasteiger partial charge in [0.25, 0.3) is 0 Å². The summed E-state index contributed by atoms with van der Waals surface area (Å²) in [5.41, 5.74) is 5.41. The Morgan fingerprint density at radius 1 is 0.914 bits per heavy atom. The summed E-state index contributed by atoms with van der Waals surface area (Å²) in [6.07, 6.45) is -0.684. The Labute approximate surface area is 204 Å². The SMILES string of the molecule is Cc1c(NC(=O)[C@@H](NC(=O)OCC2c3ccccc3-c3ccccc32)C(C)C)cccc1C(=O)O. The average Bonchev–Trinajstić information content (AvgIpc) is 3.15. The summed E-state index contributed by atoms with van der Waals surface area (Å²) in [6.45, 7) is 5.40. The molecule has 0 radical (unpaired) electrons. The molecule has 0 bridgehead atoms. The van der Waals surface area contributed by atoms with E-state index in [9.17, 15) is 19.5 Å². The number of ether oxygens (including phenoxy) is 1. The van der Waals surface area contributed by atoms with Crippen LogP contribution in [0.15, 0.2) is 66.7 Å². The summed E-state index contributed by atoms with van der Waals surface area (Å²) in [6, 6.07) is 19.9. The average molecular weight is 473 g/mol. The molecule has 0 saturated carbocycles. The van der Waals surface area contributed by atoms with Crippen molar-refractivity contribution in [2.75, 3.05) is 11.9 Å². The number of fused-ring (bicyclic) bond motifs is 3. The number of hydrogen-bond acceptors (Lipinski definition) is 4. The van der Waals surface area contributed by atoms with E-state index in [0.717, 1.165) is 22.3 Å². The number of carbonyl (C=O) groups excluding carboxylic acids is 2. The second-order valence-corrected chi connectivity index (χ2v) is 8.96. The van der Waals surface area contributed by atoms with Crippen LogP contribution in [0.5, 0.6) is 0 Å². The van der Waals surface area contributed by atoms with Gasteiger partial charge in [0.2, 0.25) is 5.91 Å². The lowest BCUT2D eigenvalue weighted by Crippen LogP contribution is -2.47. The highest BCUT2D eigenvalue weighted by Gasteiger charge is 2.30. The Morgan fingerprint density at radius 3 is 2.09 bits per heavy atom. The Morgan fingerprint density at radius 2 is 1.51 bits per heavy atom. The molecule has 0 spiro atoms. The molecular formula is C28H28N2O5. The maximum absolute atomic E-state index is 13.0. The van der Waals surface area contributed by atoms with Crippen molar-refractivity contribution in [3.05, 3.63) is 89.0 Å². The third kappa shape index (κ3) is 4.89. The van der Waals surface area contributed by atoms with Crippen LogP contribution in [0.4, 0.5) is 10.5 Å². The number of rotatable bonds is 7. The summed E-state index contributed by atoms with van der Waals surface area (Å²) < 4.78 is 5.59. The van der Waals surface area contributed by atoms with Crippen molar-refractivity contribution in [2.45, 2.75) is 32.7 Å². The fourth-order valence-electron chi connectivity index (χ4n) is 4.52. The number of hydrogen-bond donors (Lipinski definition) is 3. The zero-order chi connectivity index (χ0) is 25.1. The van der Waals surface area contributed by atoms with Crippen LogP contribution in [0.3, 0.4) is 0 Å². The standard InChI is InChI=1S/C28H28N2O5/c1-16(2)25(26(31)29-24-14-8-13-18(17(24)3)27(32)33)30-28(34)35-15-23-21-11-6-4-9-19(21)20-10-5-7-12-22(20)23/h4-14,16,23,25H,15H2,1-3H3,(H,29,31)(H,30,34)(H,32,33)/t25-/m0/s1. The minimum atomic E-state index is -1.07. The first-order chi connectivity index (χ1) is 16.8. The number of nitrogens with one attached hydrogen (secondary N) is 2. The Bertz CT molecular complexity index is 1240. The second-order valence-electron chi connectivity index (χ2n) is 8.96. The maximum Gasteiger partial charge on any atom is 0.407 e. The van der Waals surface area contributed by atoms with E-state index < -0.39 is 24.0 Å². The first-order valence-electron chi connectivity index (χ1n) is 11.5. The van der Waals surface area contributed by atoms with Crippen molar-refractivity contribution in [1.82, 2.24) is 5.32 Å². The molecule has 0 heterocycles. The Kier molecular flexibility index (Phi) is 6.87. The normalized spacial score (nSPS) is 13.0. The van der Waals surface area contributed by atoms with Crippen LogP contribution in [-0.4, -0.2) is 35.7 Å². The molecule has 180 valence electrons. The van der Waals surface area contributed by atoms with E-state index in [-0.39, 0.29) is 24.0 Å². The molecule has 0 fully saturated rings. The summed E-state index contributed by atoms with van der Waals surface area (Å²) in [7, 11) is 0. The highest BCUT2D eigenvalue weighted by atomic mass is 16.5. The number of benzene rings is 3. The predicted molar refractivity (Wildman–Crippen MR) is 134 cm³/mol. The molecule has 0 aromatic heterocycles. The Balaban J connectivity index is 1.44. The van der Waals surface area contributed by atoms with Gasteiger partial charge in [-0.15, -0.1) is 0 Å². The molecule has 7 nitrogen and oxygen atoms in total. The van der Waals surface area contributed by atoms with Crippen LogP contribution in [0.25, 0.3) is 11.1 Å². The third-order valence-electron chi connectivity index (χ3n) is 6.39. The number of carbonyl (C=O) groups is 3. The molecule has 3 N–H and O–H groups in total. The lowest BCUT2D eigenvalue weighted by Gasteiger charge is -2.23. The van der Waals surface area contributed by atoms with Gasteiger partial charge in [0.15, 0.2) is 0 Å². The van der Waals surface area contributed by atoms with Gasteiger partial charge in [-0.2, -0.15) is 0 Å². The third-order valence-corrected chi connectivity index (χ3v) is 6.39. The first kappa shape index (κ1) is 24.0. The molecule has 0 unspecified atom stereocenters. The molecule has 7 heteroatoms. The molecule has 4 rings (SSSR count). The van der Waals surface area contributed by atoms with Crippen molar-refractivity contribution in [3.63, 3.8) is 0 Å². The molecule has 1 atom stereocenters. The van der Waals surface area contributed by atoms with Gasteiger partial charge in [0, 0.05) is 11.6 Å². The topological polar surface area (TPSA) is 105 Å². The molecule has 1 aliphatic carbocycles. The van der Waals surface area contributed by atoms with Gasteiger partial charge in [-0.05, 0) is 52.8 Å². The molecule has 0 aliphatic heterocycles. The van der Waals surface area contributed by atoms with E-state index >= 15 is 0 Å². The molecule has 3 aromatic rings. The quantitative estimate of drug-likeness (QED) is 0.439. The van der Waals surface area contributed by atoms with E-state index in [1.807, 2.05) is 50.2 Å². The van der Waals surface area contributed by atoms with Gasteiger partial charge in [-0.1, -0.05) is 68.4 Å². The molecular weight excluding hydrogens is 444 g/mol. The number of carboxylic acid groups (broad SMARTS) is 1. The van der Waals surface area contributed by atoms with Crippen LogP contribution >= 0.6 is 0 Å². The van der Waals surface area contributed by atoms with Crippen molar-refractivity contribution >= 4 is 23.7 Å². The largest absolute Gasteiger partial charge is 0.478 e. The number of anilines is 1. The summed E-state index contributed by atoms with van der Waals surface area (Å²) >= 11 is 0. The molecule has 0 saturated heterocycles. The number of alkyl carbamates (subject to hydrolysis) is 1. The second kappa shape index (κ2) is 10.0. The number of carboxylic acids is 1. The van der Waals surface area contributed by atoms with E-state index in [1.54, 1.807) is 19.1 Å². The van der Waals surface area contributed by atoms with Crippen LogP contribution in [0.1, 0.15) is 46.8 Å². The lowest BCUT2D eigenvalue weighted by molar-refractivity contribution is -0.119. The van der Waals surface area contributed by atoms with Crippen LogP contribution in [0.2, 0.25) is 0 Å². The molecule has 1 aliphatic rings. The van der Waals surface area contributed by atoms with Gasteiger partial charge in [0.1, 0.15) is 12.6 Å². The van der Waals surface area contributed by atoms with Gasteiger partial charge in [-0.3, -0.25) is 4.79 Å². The minimum Gasteiger partial charge on any atom is -0.478 e. The van der Waals surface area contributed by atoms with Gasteiger partial charge < -0.3 is 20.5 Å². The van der Waals surface area contributed by atoms with Crippen LogP contribution in [-0.2, 0) is 9.53 Å². The van der Waals surface area contributed by atoms with E-state index in [2.05, 4.69) is 22.8 Å². The fraction of sp³-hybridized carbons (Fsp3) is 0.250. The maximum atomic E-state index is 13.0. The number of aromatic carboxylic acids is 1. The lowest BCUT2D eigenvalue weighted by atomic mass is 9.98. The molecule has 35 heavy (non-hydrogen) atoms. The highest BCUT2D eigenvalue weighted by Crippen LogP contribution is 2.44. The van der Waals surface area contributed by atoms with E-state index in [4.69, 9.17) is 4.74 Å². The zero-order valence-corrected chi connectivity index (χ0v) is 19.9. The molecule has 3 aromatic carbocycles. The summed E-state index contributed by atoms with van der Waals surface area (Å²) in [4.78, 5) is 37.1. The van der Waals surface area contributed by atoms with Crippen molar-refractivity contribution < 1.29 is 24.2 Å². The van der Waals surface area contributed by atoms with Gasteiger partial charge in [-0.25, -0.2) is 9.59 Å². The highest BCUT2D eigenvalue weighted by molar-refractivity contribution is 5.99. The van der Waals surface area contributed by atoms with E-state index in [0.29, 0.717) is 11.3 Å². The van der Waals surface area contributed by atoms with Crippen molar-refractivity contribution in [3.8, 4) is 11.1 Å². The van der Waals surface area contributed by atoms with Gasteiger partial charge >= 0.3 is 12.1 Å². The monoisotopic (exact) mass is 472 g/mol. The van der Waals surface area contributed by atoms with Crippen LogP contribution in [0, 0.1) is 12.8 Å².